The highest BCUT2D eigenvalue weighted by molar-refractivity contribution is 5.99. The van der Waals surface area contributed by atoms with Gasteiger partial charge in [-0.2, -0.15) is 0 Å². The van der Waals surface area contributed by atoms with Gasteiger partial charge in [-0.15, -0.1) is 0 Å². The highest BCUT2D eigenvalue weighted by atomic mass is 16.6. The topological polar surface area (TPSA) is 96.4 Å². The van der Waals surface area contributed by atoms with Gasteiger partial charge in [0, 0.05) is 12.6 Å². The first-order valence-corrected chi connectivity index (χ1v) is 13.6. The second kappa shape index (κ2) is 10.3. The molecule has 0 bridgehead atoms. The zero-order valence-corrected chi connectivity index (χ0v) is 22.3. The zero-order valence-electron chi connectivity index (χ0n) is 22.3. The van der Waals surface area contributed by atoms with Gasteiger partial charge in [-0.1, -0.05) is 58.4 Å². The highest BCUT2D eigenvalue weighted by Crippen LogP contribution is 2.58. The summed E-state index contributed by atoms with van der Waals surface area (Å²) in [6.45, 7) is 10.3. The molecule has 1 N–H and O–H groups in total. The van der Waals surface area contributed by atoms with Gasteiger partial charge in [0.25, 0.3) is 0 Å². The van der Waals surface area contributed by atoms with E-state index in [0.717, 1.165) is 19.3 Å². The Kier molecular flexibility index (Phi) is 7.68. The van der Waals surface area contributed by atoms with Crippen molar-refractivity contribution in [2.24, 2.45) is 17.8 Å². The fourth-order valence-electron chi connectivity index (χ4n) is 6.78. The fraction of sp³-hybridized carbons (Fsp3) is 0.750. The molecule has 2 amide bonds. The molecular weight excluding hydrogens is 460 g/mol. The lowest BCUT2D eigenvalue weighted by atomic mass is 9.73. The minimum Gasteiger partial charge on any atom is -0.465 e. The van der Waals surface area contributed by atoms with Crippen LogP contribution in [0.5, 0.6) is 0 Å². The van der Waals surface area contributed by atoms with Crippen molar-refractivity contribution in [3.63, 3.8) is 0 Å². The Morgan fingerprint density at radius 1 is 1.08 bits per heavy atom. The van der Waals surface area contributed by atoms with E-state index in [4.69, 9.17) is 9.47 Å². The third-order valence-electron chi connectivity index (χ3n) is 8.65. The second-order valence-electron chi connectivity index (χ2n) is 11.1. The Morgan fingerprint density at radius 2 is 1.83 bits per heavy atom. The molecule has 2 unspecified atom stereocenters. The molecule has 2 fully saturated rings. The van der Waals surface area contributed by atoms with Crippen molar-refractivity contribution in [3.8, 4) is 0 Å². The number of ether oxygens (including phenoxy) is 2. The van der Waals surface area contributed by atoms with Crippen molar-refractivity contribution < 1.29 is 29.0 Å². The van der Waals surface area contributed by atoms with Crippen molar-refractivity contribution in [2.75, 3.05) is 19.8 Å². The van der Waals surface area contributed by atoms with Gasteiger partial charge in [0.15, 0.2) is 0 Å². The standard InChI is InChI=1S/C28H42N2O6/c1-6-12-19(5)29-15-11-14-28-21(24(32)30(23(28)25(29)33)20(17-31)18(3)4)22-26(34)35-16-10-8-9-13-27(22,7-2)36-28/h9,11,13-14,18-23,31H,6-8,10,12,15-17H2,1-5H3/b13-9-/t19?,20-,21-,22+,23?,27-,28-/m0/s1. The fourth-order valence-corrected chi connectivity index (χ4v) is 6.78. The number of esters is 1. The largest absolute Gasteiger partial charge is 0.465 e. The normalized spacial score (nSPS) is 36.9. The Hall–Kier alpha value is -2.19. The Morgan fingerprint density at radius 3 is 2.47 bits per heavy atom. The maximum atomic E-state index is 14.4. The molecule has 0 saturated carbocycles. The molecule has 0 aromatic heterocycles. The van der Waals surface area contributed by atoms with E-state index in [1.54, 1.807) is 4.90 Å². The van der Waals surface area contributed by atoms with Gasteiger partial charge in [0.1, 0.15) is 23.2 Å². The number of likely N-dealkylation sites (tertiary alicyclic amines) is 1. The van der Waals surface area contributed by atoms with E-state index in [2.05, 4.69) is 6.92 Å². The van der Waals surface area contributed by atoms with E-state index in [0.29, 0.717) is 19.4 Å². The first kappa shape index (κ1) is 26.9. The average molecular weight is 503 g/mol. The number of fused-ring (bicyclic) bond motifs is 2. The molecule has 7 atom stereocenters. The van der Waals surface area contributed by atoms with Gasteiger partial charge in [-0.05, 0) is 38.5 Å². The van der Waals surface area contributed by atoms with Gasteiger partial charge >= 0.3 is 5.97 Å². The summed E-state index contributed by atoms with van der Waals surface area (Å²) in [6, 6.07) is -1.56. The summed E-state index contributed by atoms with van der Waals surface area (Å²) in [6.07, 6.45) is 11.4. The zero-order chi connectivity index (χ0) is 26.3. The molecule has 0 radical (unpaired) electrons. The number of carbonyl (C=O) groups excluding carboxylic acids is 3. The molecule has 8 heteroatoms. The molecule has 0 aromatic carbocycles. The Balaban J connectivity index is 1.92. The Labute approximate surface area is 214 Å². The van der Waals surface area contributed by atoms with Crippen LogP contribution >= 0.6 is 0 Å². The first-order valence-electron chi connectivity index (χ1n) is 13.6. The summed E-state index contributed by atoms with van der Waals surface area (Å²) in [5.74, 6) is -2.84. The van der Waals surface area contributed by atoms with Crippen LogP contribution in [-0.2, 0) is 23.9 Å². The molecule has 0 aliphatic carbocycles. The summed E-state index contributed by atoms with van der Waals surface area (Å²) in [4.78, 5) is 45.6. The summed E-state index contributed by atoms with van der Waals surface area (Å²) in [7, 11) is 0. The number of aliphatic hydroxyl groups excluding tert-OH is 1. The maximum Gasteiger partial charge on any atom is 0.313 e. The van der Waals surface area contributed by atoms with Crippen LogP contribution in [0, 0.1) is 17.8 Å². The number of hydrogen-bond donors (Lipinski definition) is 1. The van der Waals surface area contributed by atoms with Gasteiger partial charge < -0.3 is 24.4 Å². The molecule has 1 spiro atoms. The molecule has 4 rings (SSSR count). The summed E-state index contributed by atoms with van der Waals surface area (Å²) in [5, 5.41) is 10.4. The number of cyclic esters (lactones) is 1. The van der Waals surface area contributed by atoms with E-state index >= 15 is 0 Å². The third kappa shape index (κ3) is 4.01. The van der Waals surface area contributed by atoms with Gasteiger partial charge in [0.05, 0.1) is 25.2 Å². The van der Waals surface area contributed by atoms with E-state index < -0.39 is 41.1 Å². The SMILES string of the molecule is CCCC(C)N1CC=C[C@]23O[C@@]4(CC)/C=C\CCCOC(=O)[C@H]4[C@H]2C(=O)N([C@@H](CO)C(C)C)C3C1=O. The third-order valence-corrected chi connectivity index (χ3v) is 8.65. The molecule has 8 nitrogen and oxygen atoms in total. The predicted octanol–water partition coefficient (Wildman–Crippen LogP) is 2.84. The number of hydrogen-bond acceptors (Lipinski definition) is 6. The first-order chi connectivity index (χ1) is 17.2. The maximum absolute atomic E-state index is 14.4. The summed E-state index contributed by atoms with van der Waals surface area (Å²) in [5.41, 5.74) is -2.37. The molecular formula is C28H42N2O6. The average Bonchev–Trinajstić information content (AvgIpc) is 3.21. The van der Waals surface area contributed by atoms with Crippen LogP contribution in [0.2, 0.25) is 0 Å². The molecule has 4 aliphatic heterocycles. The van der Waals surface area contributed by atoms with Crippen molar-refractivity contribution in [3.05, 3.63) is 24.3 Å². The van der Waals surface area contributed by atoms with Crippen LogP contribution in [0.25, 0.3) is 0 Å². The van der Waals surface area contributed by atoms with Gasteiger partial charge in [-0.3, -0.25) is 14.4 Å². The van der Waals surface area contributed by atoms with Crippen molar-refractivity contribution >= 4 is 17.8 Å². The quantitative estimate of drug-likeness (QED) is 0.425. The van der Waals surface area contributed by atoms with Crippen LogP contribution in [-0.4, -0.2) is 81.8 Å². The van der Waals surface area contributed by atoms with Gasteiger partial charge in [0.2, 0.25) is 11.8 Å². The lowest BCUT2D eigenvalue weighted by Gasteiger charge is -2.42. The molecule has 36 heavy (non-hydrogen) atoms. The Bertz CT molecular complexity index is 931. The molecule has 200 valence electrons. The van der Waals surface area contributed by atoms with Crippen LogP contribution < -0.4 is 0 Å². The van der Waals surface area contributed by atoms with Gasteiger partial charge in [-0.25, -0.2) is 0 Å². The van der Waals surface area contributed by atoms with Crippen LogP contribution in [0.1, 0.15) is 66.7 Å². The minimum absolute atomic E-state index is 0.0199. The minimum atomic E-state index is -1.32. The smallest absolute Gasteiger partial charge is 0.313 e. The molecule has 0 aromatic rings. The van der Waals surface area contributed by atoms with Crippen LogP contribution in [0.4, 0.5) is 0 Å². The number of amides is 2. The second-order valence-corrected chi connectivity index (χ2v) is 11.1. The van der Waals surface area contributed by atoms with E-state index in [-0.39, 0.29) is 37.0 Å². The molecule has 2 saturated heterocycles. The van der Waals surface area contributed by atoms with E-state index in [9.17, 15) is 19.5 Å². The van der Waals surface area contributed by atoms with Crippen LogP contribution in [0.3, 0.4) is 0 Å². The number of aliphatic hydroxyl groups is 1. The lowest BCUT2D eigenvalue weighted by molar-refractivity contribution is -0.164. The van der Waals surface area contributed by atoms with Crippen LogP contribution in [0.15, 0.2) is 24.3 Å². The molecule has 4 heterocycles. The summed E-state index contributed by atoms with van der Waals surface area (Å²) < 4.78 is 12.6. The summed E-state index contributed by atoms with van der Waals surface area (Å²) >= 11 is 0. The van der Waals surface area contributed by atoms with Crippen molar-refractivity contribution in [1.29, 1.82) is 0 Å². The van der Waals surface area contributed by atoms with E-state index in [1.165, 1.54) is 0 Å². The van der Waals surface area contributed by atoms with E-state index in [1.807, 2.05) is 56.9 Å². The number of nitrogens with zero attached hydrogens (tertiary/aromatic N) is 2. The highest BCUT2D eigenvalue weighted by Gasteiger charge is 2.76. The molecule has 4 aliphatic rings. The lowest BCUT2D eigenvalue weighted by Crippen LogP contribution is -2.60. The van der Waals surface area contributed by atoms with Crippen molar-refractivity contribution in [1.82, 2.24) is 9.80 Å². The van der Waals surface area contributed by atoms with Crippen molar-refractivity contribution in [2.45, 2.75) is 96.1 Å². The monoisotopic (exact) mass is 502 g/mol. The number of rotatable bonds is 7. The number of carbonyl (C=O) groups is 3. The predicted molar refractivity (Wildman–Crippen MR) is 135 cm³/mol. The number of allylic oxidation sites excluding steroid dienone is 1.